The van der Waals surface area contributed by atoms with E-state index in [2.05, 4.69) is 31.0 Å². The van der Waals surface area contributed by atoms with Crippen LogP contribution in [0.4, 0.5) is 4.79 Å². The van der Waals surface area contributed by atoms with Crippen molar-refractivity contribution < 1.29 is 9.53 Å². The molecule has 0 aliphatic carbocycles. The molecule has 0 unspecified atom stereocenters. The number of nitrogens with one attached hydrogen (secondary N) is 1. The van der Waals surface area contributed by atoms with Crippen molar-refractivity contribution in [3.8, 4) is 0 Å². The van der Waals surface area contributed by atoms with E-state index < -0.39 is 0 Å². The maximum Gasteiger partial charge on any atom is 0.407 e. The normalized spacial score (nSPS) is 10.4. The third kappa shape index (κ3) is 8.24. The predicted molar refractivity (Wildman–Crippen MR) is 62.0 cm³/mol. The smallest absolute Gasteiger partial charge is 0.407 e. The molecule has 0 aliphatic rings. The first-order valence-electron chi connectivity index (χ1n) is 5.87. The monoisotopic (exact) mass is 216 g/mol. The minimum Gasteiger partial charge on any atom is -0.448 e. The molecule has 4 nitrogen and oxygen atoms in total. The summed E-state index contributed by atoms with van der Waals surface area (Å²) in [6.07, 6.45) is 1.79. The van der Waals surface area contributed by atoms with Gasteiger partial charge in [0.05, 0.1) is 0 Å². The fraction of sp³-hybridized carbons (Fsp3) is 0.909. The van der Waals surface area contributed by atoms with Crippen LogP contribution in [0.5, 0.6) is 0 Å². The van der Waals surface area contributed by atoms with Crippen molar-refractivity contribution in [1.82, 2.24) is 10.2 Å². The lowest BCUT2D eigenvalue weighted by Crippen LogP contribution is -2.31. The Kier molecular flexibility index (Phi) is 9.27. The summed E-state index contributed by atoms with van der Waals surface area (Å²) in [5.74, 6) is 0. The van der Waals surface area contributed by atoms with Crippen molar-refractivity contribution in [3.63, 3.8) is 0 Å². The van der Waals surface area contributed by atoms with E-state index in [4.69, 9.17) is 4.74 Å². The lowest BCUT2D eigenvalue weighted by atomic mass is 10.3. The zero-order valence-electron chi connectivity index (χ0n) is 10.2. The quantitative estimate of drug-likeness (QED) is 0.630. The molecule has 0 aromatic heterocycles. The molecule has 0 aliphatic heterocycles. The molecule has 15 heavy (non-hydrogen) atoms. The lowest BCUT2D eigenvalue weighted by Gasteiger charge is -2.17. The van der Waals surface area contributed by atoms with E-state index in [1.54, 1.807) is 0 Å². The Balaban J connectivity index is 3.37. The molecule has 0 saturated heterocycles. The van der Waals surface area contributed by atoms with Crippen LogP contribution in [0.1, 0.15) is 33.6 Å². The molecule has 1 N–H and O–H groups in total. The average Bonchev–Trinajstić information content (AvgIpc) is 2.25. The van der Waals surface area contributed by atoms with Crippen LogP contribution in [0.2, 0.25) is 0 Å². The van der Waals surface area contributed by atoms with Crippen molar-refractivity contribution in [2.75, 3.05) is 32.8 Å². The lowest BCUT2D eigenvalue weighted by molar-refractivity contribution is 0.129. The summed E-state index contributed by atoms with van der Waals surface area (Å²) in [4.78, 5) is 13.3. The number of carbonyl (C=O) groups excluding carboxylic acids is 1. The second-order valence-electron chi connectivity index (χ2n) is 3.44. The van der Waals surface area contributed by atoms with Gasteiger partial charge in [0.1, 0.15) is 6.61 Å². The average molecular weight is 216 g/mol. The number of ether oxygens (including phenoxy) is 1. The summed E-state index contributed by atoms with van der Waals surface area (Å²) >= 11 is 0. The third-order valence-electron chi connectivity index (χ3n) is 2.33. The van der Waals surface area contributed by atoms with Crippen LogP contribution >= 0.6 is 0 Å². The van der Waals surface area contributed by atoms with Crippen LogP contribution in [0, 0.1) is 0 Å². The van der Waals surface area contributed by atoms with Crippen LogP contribution < -0.4 is 5.32 Å². The molecule has 4 heteroatoms. The van der Waals surface area contributed by atoms with E-state index in [-0.39, 0.29) is 6.09 Å². The van der Waals surface area contributed by atoms with E-state index in [0.717, 1.165) is 32.5 Å². The summed E-state index contributed by atoms with van der Waals surface area (Å²) in [6.45, 7) is 10.3. The van der Waals surface area contributed by atoms with Crippen molar-refractivity contribution in [3.05, 3.63) is 0 Å². The number of amides is 1. The fourth-order valence-electron chi connectivity index (χ4n) is 1.23. The molecule has 0 rings (SSSR count). The maximum atomic E-state index is 11.1. The Bertz CT molecular complexity index is 159. The molecule has 0 fully saturated rings. The number of unbranched alkanes of at least 4 members (excludes halogenated alkanes) is 1. The standard InChI is InChI=1S/C11H24N2O2/c1-4-7-8-12-11(14)15-10-9-13(5-2)6-3/h4-10H2,1-3H3,(H,12,14). The summed E-state index contributed by atoms with van der Waals surface area (Å²) in [5, 5.41) is 2.71. The van der Waals surface area contributed by atoms with Gasteiger partial charge >= 0.3 is 6.09 Å². The van der Waals surface area contributed by atoms with Gasteiger partial charge in [-0.2, -0.15) is 0 Å². The first kappa shape index (κ1) is 14.2. The number of carbonyl (C=O) groups is 1. The molecule has 1 amide bonds. The summed E-state index contributed by atoms with van der Waals surface area (Å²) in [5.41, 5.74) is 0. The van der Waals surface area contributed by atoms with Crippen LogP contribution in [0.15, 0.2) is 0 Å². The van der Waals surface area contributed by atoms with Crippen LogP contribution in [0.25, 0.3) is 0 Å². The third-order valence-corrected chi connectivity index (χ3v) is 2.33. The van der Waals surface area contributed by atoms with Gasteiger partial charge < -0.3 is 15.0 Å². The number of nitrogens with zero attached hydrogens (tertiary/aromatic N) is 1. The van der Waals surface area contributed by atoms with Crippen LogP contribution in [0.3, 0.4) is 0 Å². The molecule has 90 valence electrons. The first-order chi connectivity index (χ1) is 7.24. The molecule has 0 aromatic rings. The highest BCUT2D eigenvalue weighted by atomic mass is 16.5. The second-order valence-corrected chi connectivity index (χ2v) is 3.44. The van der Waals surface area contributed by atoms with Crippen LogP contribution in [-0.2, 0) is 4.74 Å². The Morgan fingerprint density at radius 1 is 1.27 bits per heavy atom. The highest BCUT2D eigenvalue weighted by Crippen LogP contribution is 1.88. The van der Waals surface area contributed by atoms with E-state index >= 15 is 0 Å². The Hall–Kier alpha value is -0.770. The summed E-state index contributed by atoms with van der Waals surface area (Å²) in [7, 11) is 0. The first-order valence-corrected chi connectivity index (χ1v) is 5.87. The molecule has 0 spiro atoms. The number of rotatable bonds is 8. The largest absolute Gasteiger partial charge is 0.448 e. The molecule has 0 bridgehead atoms. The molecule has 0 aromatic carbocycles. The molecular formula is C11H24N2O2. The fourth-order valence-corrected chi connectivity index (χ4v) is 1.23. The van der Waals surface area contributed by atoms with Gasteiger partial charge in [0.2, 0.25) is 0 Å². The second kappa shape index (κ2) is 9.77. The van der Waals surface area contributed by atoms with E-state index in [1.165, 1.54) is 0 Å². The van der Waals surface area contributed by atoms with Gasteiger partial charge in [0, 0.05) is 13.1 Å². The zero-order valence-corrected chi connectivity index (χ0v) is 10.2. The minimum atomic E-state index is -0.296. The Morgan fingerprint density at radius 3 is 2.47 bits per heavy atom. The van der Waals surface area contributed by atoms with Gasteiger partial charge in [-0.1, -0.05) is 27.2 Å². The minimum absolute atomic E-state index is 0.296. The maximum absolute atomic E-state index is 11.1. The van der Waals surface area contributed by atoms with Gasteiger partial charge in [0.25, 0.3) is 0 Å². The Morgan fingerprint density at radius 2 is 1.93 bits per heavy atom. The SMILES string of the molecule is CCCCNC(=O)OCCN(CC)CC. The zero-order chi connectivity index (χ0) is 11.5. The molecule has 0 heterocycles. The van der Waals surface area contributed by atoms with Gasteiger partial charge in [-0.3, -0.25) is 0 Å². The summed E-state index contributed by atoms with van der Waals surface area (Å²) in [6, 6.07) is 0. The Labute approximate surface area is 93.0 Å². The van der Waals surface area contributed by atoms with Crippen molar-refractivity contribution in [2.24, 2.45) is 0 Å². The van der Waals surface area contributed by atoms with Crippen LogP contribution in [-0.4, -0.2) is 43.8 Å². The van der Waals surface area contributed by atoms with Gasteiger partial charge in [0.15, 0.2) is 0 Å². The van der Waals surface area contributed by atoms with Crippen molar-refractivity contribution in [2.45, 2.75) is 33.6 Å². The van der Waals surface area contributed by atoms with Gasteiger partial charge in [-0.25, -0.2) is 4.79 Å². The number of hydrogen-bond acceptors (Lipinski definition) is 3. The predicted octanol–water partition coefficient (Wildman–Crippen LogP) is 1.85. The van der Waals surface area contributed by atoms with E-state index in [1.807, 2.05) is 0 Å². The highest BCUT2D eigenvalue weighted by molar-refractivity contribution is 5.66. The van der Waals surface area contributed by atoms with Gasteiger partial charge in [-0.15, -0.1) is 0 Å². The van der Waals surface area contributed by atoms with E-state index in [9.17, 15) is 4.79 Å². The van der Waals surface area contributed by atoms with Crippen molar-refractivity contribution in [1.29, 1.82) is 0 Å². The molecule has 0 atom stereocenters. The number of hydrogen-bond donors (Lipinski definition) is 1. The molecule has 0 radical (unpaired) electrons. The van der Waals surface area contributed by atoms with Gasteiger partial charge in [-0.05, 0) is 19.5 Å². The van der Waals surface area contributed by atoms with E-state index in [0.29, 0.717) is 13.2 Å². The molecule has 0 saturated carbocycles. The summed E-state index contributed by atoms with van der Waals surface area (Å²) < 4.78 is 5.03. The number of likely N-dealkylation sites (N-methyl/N-ethyl adjacent to an activating group) is 1. The highest BCUT2D eigenvalue weighted by Gasteiger charge is 2.02. The van der Waals surface area contributed by atoms with Crippen molar-refractivity contribution >= 4 is 6.09 Å². The number of alkyl carbamates (subject to hydrolysis) is 1. The topological polar surface area (TPSA) is 41.6 Å². The molecular weight excluding hydrogens is 192 g/mol.